The molecule has 0 spiro atoms. The Balaban J connectivity index is 2.09. The minimum atomic E-state index is -4.93. The van der Waals surface area contributed by atoms with Crippen molar-refractivity contribution in [3.05, 3.63) is 58.6 Å². The Morgan fingerprint density at radius 2 is 1.94 bits per heavy atom. The number of carbonyl (C=O) groups is 2. The second kappa shape index (κ2) is 9.29. The van der Waals surface area contributed by atoms with Gasteiger partial charge in [-0.25, -0.2) is 4.39 Å². The Bertz CT molecular complexity index is 1160. The number of rotatable bonds is 6. The van der Waals surface area contributed by atoms with E-state index >= 15 is 0 Å². The van der Waals surface area contributed by atoms with Gasteiger partial charge in [0.25, 0.3) is 11.6 Å². The Hall–Kier alpha value is -3.48. The third-order valence-electron chi connectivity index (χ3n) is 6.09. The topological polar surface area (TPSA) is 118 Å². The number of aromatic nitrogens is 1. The first kappa shape index (κ1) is 26.1. The van der Waals surface area contributed by atoms with Crippen LogP contribution in [0.3, 0.4) is 0 Å². The molecule has 1 aromatic heterocycles. The minimum absolute atomic E-state index is 0.123. The van der Waals surface area contributed by atoms with Gasteiger partial charge in [0.15, 0.2) is 23.4 Å². The highest BCUT2D eigenvalue weighted by Crippen LogP contribution is 2.55. The van der Waals surface area contributed by atoms with Gasteiger partial charge in [-0.05, 0) is 19.9 Å². The summed E-state index contributed by atoms with van der Waals surface area (Å²) in [5.41, 5.74) is 1.44. The molecule has 0 saturated carbocycles. The standard InChI is InChI=1S/C22H22F5N3O5/c1-4-34-17-12(5-6-13(23)16(17)24)15-10(2)21(3,22(25,26)27)35-18(15)20(32)29-11-7-8-30(33)14(9-11)19(28)31/h5-10,15,18H,4H2,1-3H3,(H2,28,31)(H,29,32)/t10-,15-,18-,21+/m0/s1. The average molecular weight is 503 g/mol. The SMILES string of the molecule is CCOc1c([C@H]2[C@@H](C(=O)Nc3cc[n+]([O-])c(C(N)=O)c3)O[C@@](C)(C(F)(F)F)[C@H]2C)ccc(F)c1F. The predicted octanol–water partition coefficient (Wildman–Crippen LogP) is 3.17. The van der Waals surface area contributed by atoms with E-state index in [1.807, 2.05) is 0 Å². The van der Waals surface area contributed by atoms with E-state index in [2.05, 4.69) is 5.32 Å². The fraction of sp³-hybridized carbons (Fsp3) is 0.409. The van der Waals surface area contributed by atoms with Crippen LogP contribution in [0.2, 0.25) is 0 Å². The van der Waals surface area contributed by atoms with E-state index in [0.717, 1.165) is 37.4 Å². The largest absolute Gasteiger partial charge is 0.618 e. The zero-order valence-electron chi connectivity index (χ0n) is 18.8. The molecule has 4 atom stereocenters. The average Bonchev–Trinajstić information content (AvgIpc) is 3.05. The Labute approximate surface area is 196 Å². The molecule has 1 aliphatic heterocycles. The summed E-state index contributed by atoms with van der Waals surface area (Å²) in [6.07, 6.45) is -5.89. The molecule has 0 aliphatic carbocycles. The van der Waals surface area contributed by atoms with Gasteiger partial charge < -0.3 is 25.7 Å². The monoisotopic (exact) mass is 503 g/mol. The lowest BCUT2D eigenvalue weighted by molar-refractivity contribution is -0.607. The molecular formula is C22H22F5N3O5. The van der Waals surface area contributed by atoms with Crippen molar-refractivity contribution in [1.82, 2.24) is 0 Å². The van der Waals surface area contributed by atoms with E-state index in [9.17, 15) is 36.7 Å². The summed E-state index contributed by atoms with van der Waals surface area (Å²) in [4.78, 5) is 24.5. The molecule has 8 nitrogen and oxygen atoms in total. The number of nitrogens with two attached hydrogens (primary N) is 1. The van der Waals surface area contributed by atoms with Crippen molar-refractivity contribution >= 4 is 17.5 Å². The van der Waals surface area contributed by atoms with E-state index in [0.29, 0.717) is 0 Å². The maximum Gasteiger partial charge on any atom is 0.417 e. The number of amides is 2. The Kier molecular flexibility index (Phi) is 6.93. The molecule has 35 heavy (non-hydrogen) atoms. The zero-order chi connectivity index (χ0) is 26.3. The normalized spacial score (nSPS) is 24.3. The van der Waals surface area contributed by atoms with Crippen LogP contribution in [0, 0.1) is 22.8 Å². The van der Waals surface area contributed by atoms with Crippen LogP contribution in [0.5, 0.6) is 5.75 Å². The predicted molar refractivity (Wildman–Crippen MR) is 111 cm³/mol. The summed E-state index contributed by atoms with van der Waals surface area (Å²) in [5.74, 6) is -8.36. The lowest BCUT2D eigenvalue weighted by Crippen LogP contribution is -2.47. The maximum absolute atomic E-state index is 14.5. The molecule has 2 aromatic rings. The van der Waals surface area contributed by atoms with Crippen molar-refractivity contribution in [2.75, 3.05) is 11.9 Å². The van der Waals surface area contributed by atoms with E-state index in [-0.39, 0.29) is 22.6 Å². The van der Waals surface area contributed by atoms with Crippen molar-refractivity contribution in [2.45, 2.75) is 44.6 Å². The third-order valence-corrected chi connectivity index (χ3v) is 6.09. The number of nitrogens with zero attached hydrogens (tertiary/aromatic N) is 1. The summed E-state index contributed by atoms with van der Waals surface area (Å²) >= 11 is 0. The number of halogens is 5. The highest BCUT2D eigenvalue weighted by Gasteiger charge is 2.66. The quantitative estimate of drug-likeness (QED) is 0.357. The second-order valence-corrected chi connectivity index (χ2v) is 8.15. The molecule has 1 saturated heterocycles. The molecule has 2 amide bonds. The van der Waals surface area contributed by atoms with Crippen LogP contribution in [-0.4, -0.2) is 36.3 Å². The van der Waals surface area contributed by atoms with Gasteiger partial charge in [-0.15, -0.1) is 0 Å². The number of ether oxygens (including phenoxy) is 2. The number of hydrogen-bond donors (Lipinski definition) is 2. The first-order valence-corrected chi connectivity index (χ1v) is 10.4. The summed E-state index contributed by atoms with van der Waals surface area (Å²) in [7, 11) is 0. The molecule has 3 N–H and O–H groups in total. The van der Waals surface area contributed by atoms with Gasteiger partial charge in [-0.1, -0.05) is 13.0 Å². The highest BCUT2D eigenvalue weighted by molar-refractivity contribution is 5.97. The molecule has 1 aliphatic rings. The van der Waals surface area contributed by atoms with E-state index < -0.39 is 64.6 Å². The van der Waals surface area contributed by atoms with Crippen LogP contribution in [0.1, 0.15) is 42.7 Å². The minimum Gasteiger partial charge on any atom is -0.618 e. The highest BCUT2D eigenvalue weighted by atomic mass is 19.4. The molecule has 3 rings (SSSR count). The number of benzene rings is 1. The smallest absolute Gasteiger partial charge is 0.417 e. The van der Waals surface area contributed by atoms with Gasteiger partial charge in [0.1, 0.15) is 6.10 Å². The van der Waals surface area contributed by atoms with E-state index in [1.54, 1.807) is 0 Å². The molecule has 0 bridgehead atoms. The van der Waals surface area contributed by atoms with Gasteiger partial charge in [0.05, 0.1) is 12.3 Å². The van der Waals surface area contributed by atoms with Crippen molar-refractivity contribution < 1.29 is 45.7 Å². The Morgan fingerprint density at radius 1 is 1.29 bits per heavy atom. The number of primary amides is 1. The molecule has 0 unspecified atom stereocenters. The zero-order valence-corrected chi connectivity index (χ0v) is 18.8. The Morgan fingerprint density at radius 3 is 2.51 bits per heavy atom. The van der Waals surface area contributed by atoms with Crippen molar-refractivity contribution in [2.24, 2.45) is 11.7 Å². The summed E-state index contributed by atoms with van der Waals surface area (Å²) < 4.78 is 81.1. The van der Waals surface area contributed by atoms with Gasteiger partial charge in [-0.3, -0.25) is 9.59 Å². The summed E-state index contributed by atoms with van der Waals surface area (Å²) in [5, 5.41) is 14.0. The van der Waals surface area contributed by atoms with Crippen molar-refractivity contribution in [3.8, 4) is 5.75 Å². The number of carbonyl (C=O) groups excluding carboxylic acids is 2. The van der Waals surface area contributed by atoms with E-state index in [4.69, 9.17) is 15.2 Å². The first-order chi connectivity index (χ1) is 16.2. The van der Waals surface area contributed by atoms with Crippen LogP contribution < -0.4 is 20.5 Å². The van der Waals surface area contributed by atoms with Crippen LogP contribution in [-0.2, 0) is 9.53 Å². The summed E-state index contributed by atoms with van der Waals surface area (Å²) in [6.45, 7) is 3.28. The molecule has 2 heterocycles. The van der Waals surface area contributed by atoms with Crippen molar-refractivity contribution in [3.63, 3.8) is 0 Å². The van der Waals surface area contributed by atoms with Crippen LogP contribution in [0.15, 0.2) is 30.5 Å². The van der Waals surface area contributed by atoms with E-state index in [1.165, 1.54) is 13.8 Å². The fourth-order valence-corrected chi connectivity index (χ4v) is 4.08. The lowest BCUT2D eigenvalue weighted by Gasteiger charge is -2.32. The molecule has 13 heteroatoms. The lowest BCUT2D eigenvalue weighted by atomic mass is 9.77. The van der Waals surface area contributed by atoms with Crippen LogP contribution in [0.4, 0.5) is 27.6 Å². The van der Waals surface area contributed by atoms with Crippen LogP contribution >= 0.6 is 0 Å². The number of anilines is 1. The number of pyridine rings is 1. The molecular weight excluding hydrogens is 481 g/mol. The van der Waals surface area contributed by atoms with Gasteiger partial charge in [0, 0.05) is 29.5 Å². The van der Waals surface area contributed by atoms with Crippen LogP contribution in [0.25, 0.3) is 0 Å². The number of nitrogens with one attached hydrogen (secondary N) is 1. The molecule has 190 valence electrons. The third kappa shape index (κ3) is 4.59. The first-order valence-electron chi connectivity index (χ1n) is 10.4. The van der Waals surface area contributed by atoms with Crippen molar-refractivity contribution in [1.29, 1.82) is 0 Å². The van der Waals surface area contributed by atoms with Gasteiger partial charge >= 0.3 is 12.1 Å². The molecule has 1 fully saturated rings. The number of hydrogen-bond acceptors (Lipinski definition) is 5. The molecule has 0 radical (unpaired) electrons. The number of alkyl halides is 3. The fourth-order valence-electron chi connectivity index (χ4n) is 4.08. The van der Waals surface area contributed by atoms with Gasteiger partial charge in [-0.2, -0.15) is 22.3 Å². The second-order valence-electron chi connectivity index (χ2n) is 8.15. The maximum atomic E-state index is 14.5. The molecule has 1 aromatic carbocycles. The van der Waals surface area contributed by atoms with Gasteiger partial charge in [0.2, 0.25) is 5.82 Å². The summed E-state index contributed by atoms with van der Waals surface area (Å²) in [6, 6.07) is 3.80.